The largest absolute Gasteiger partial charge is 0.496 e. The van der Waals surface area contributed by atoms with Gasteiger partial charge in [-0.15, -0.1) is 0 Å². The molecule has 1 saturated heterocycles. The number of piperazine rings is 1. The van der Waals surface area contributed by atoms with Crippen molar-refractivity contribution in [3.8, 4) is 5.75 Å². The van der Waals surface area contributed by atoms with E-state index in [0.717, 1.165) is 30.9 Å². The summed E-state index contributed by atoms with van der Waals surface area (Å²) in [6.07, 6.45) is 0. The van der Waals surface area contributed by atoms with Crippen LogP contribution in [0.25, 0.3) is 0 Å². The van der Waals surface area contributed by atoms with Crippen molar-refractivity contribution in [2.75, 3.05) is 33.3 Å². The first-order valence-electron chi connectivity index (χ1n) is 7.51. The number of ether oxygens (including phenoxy) is 1. The highest BCUT2D eigenvalue weighted by Crippen LogP contribution is 2.20. The summed E-state index contributed by atoms with van der Waals surface area (Å²) in [4.78, 5) is 14.4. The fraction of sp³-hybridized carbons (Fsp3) is 0.562. The molecule has 1 aliphatic heterocycles. The molecule has 1 aliphatic rings. The average molecular weight is 291 g/mol. The molecule has 5 heteroatoms. The molecule has 1 heterocycles. The topological polar surface area (TPSA) is 53.6 Å². The lowest BCUT2D eigenvalue weighted by Gasteiger charge is -2.35. The third kappa shape index (κ3) is 3.95. The van der Waals surface area contributed by atoms with E-state index in [4.69, 9.17) is 4.74 Å². The zero-order valence-electron chi connectivity index (χ0n) is 13.1. The van der Waals surface area contributed by atoms with Crippen LogP contribution in [0.15, 0.2) is 18.2 Å². The van der Waals surface area contributed by atoms with Crippen LogP contribution < -0.4 is 15.4 Å². The van der Waals surface area contributed by atoms with Gasteiger partial charge >= 0.3 is 0 Å². The third-order valence-electron chi connectivity index (χ3n) is 3.85. The van der Waals surface area contributed by atoms with E-state index in [-0.39, 0.29) is 11.9 Å². The van der Waals surface area contributed by atoms with Gasteiger partial charge in [-0.25, -0.2) is 0 Å². The van der Waals surface area contributed by atoms with Gasteiger partial charge in [-0.1, -0.05) is 12.1 Å². The fourth-order valence-corrected chi connectivity index (χ4v) is 2.76. The first kappa shape index (κ1) is 15.8. The van der Waals surface area contributed by atoms with Gasteiger partial charge in [0.15, 0.2) is 0 Å². The van der Waals surface area contributed by atoms with Gasteiger partial charge in [-0.2, -0.15) is 0 Å². The van der Waals surface area contributed by atoms with Crippen LogP contribution in [0.1, 0.15) is 18.1 Å². The summed E-state index contributed by atoms with van der Waals surface area (Å²) in [5.74, 6) is 1.01. The lowest BCUT2D eigenvalue weighted by molar-refractivity contribution is -0.127. The Morgan fingerprint density at radius 1 is 1.52 bits per heavy atom. The van der Waals surface area contributed by atoms with E-state index in [0.29, 0.717) is 13.1 Å². The van der Waals surface area contributed by atoms with Crippen LogP contribution in [-0.2, 0) is 11.3 Å². The van der Waals surface area contributed by atoms with Crippen molar-refractivity contribution >= 4 is 5.91 Å². The fourth-order valence-electron chi connectivity index (χ4n) is 2.76. The van der Waals surface area contributed by atoms with Crippen molar-refractivity contribution < 1.29 is 9.53 Å². The maximum absolute atomic E-state index is 12.2. The predicted molar refractivity (Wildman–Crippen MR) is 83.5 cm³/mol. The minimum Gasteiger partial charge on any atom is -0.496 e. The highest BCUT2D eigenvalue weighted by Gasteiger charge is 2.28. The number of methoxy groups -OCH3 is 1. The summed E-state index contributed by atoms with van der Waals surface area (Å²) >= 11 is 0. The molecule has 1 aromatic rings. The summed E-state index contributed by atoms with van der Waals surface area (Å²) in [5.41, 5.74) is 2.34. The van der Waals surface area contributed by atoms with E-state index >= 15 is 0 Å². The Kier molecular flexibility index (Phi) is 5.59. The minimum atomic E-state index is -0.0962. The number of amides is 1. The number of carbonyl (C=O) groups is 1. The molecule has 1 amide bonds. The van der Waals surface area contributed by atoms with Gasteiger partial charge in [0, 0.05) is 32.7 Å². The third-order valence-corrected chi connectivity index (χ3v) is 3.85. The van der Waals surface area contributed by atoms with Crippen LogP contribution >= 0.6 is 0 Å². The van der Waals surface area contributed by atoms with Gasteiger partial charge in [0.05, 0.1) is 7.11 Å². The number of aryl methyl sites for hydroxylation is 1. The molecule has 0 spiro atoms. The second-order valence-corrected chi connectivity index (χ2v) is 5.39. The Balaban J connectivity index is 2.08. The van der Waals surface area contributed by atoms with Gasteiger partial charge in [-0.3, -0.25) is 9.69 Å². The van der Waals surface area contributed by atoms with Crippen LogP contribution in [0.4, 0.5) is 0 Å². The van der Waals surface area contributed by atoms with E-state index in [1.165, 1.54) is 5.56 Å². The monoisotopic (exact) mass is 291 g/mol. The Morgan fingerprint density at radius 2 is 2.33 bits per heavy atom. The Labute approximate surface area is 126 Å². The predicted octanol–water partition coefficient (Wildman–Crippen LogP) is 0.914. The molecule has 0 aromatic heterocycles. The quantitative estimate of drug-likeness (QED) is 0.847. The van der Waals surface area contributed by atoms with E-state index < -0.39 is 0 Å². The van der Waals surface area contributed by atoms with E-state index in [1.807, 2.05) is 19.9 Å². The van der Waals surface area contributed by atoms with Crippen LogP contribution in [0.5, 0.6) is 5.75 Å². The van der Waals surface area contributed by atoms with Crippen LogP contribution in [0.3, 0.4) is 0 Å². The standard InChI is InChI=1S/C16H25N3O2/c1-4-18-16(20)14-10-17-7-8-19(14)11-13-5-6-15(21-3)12(2)9-13/h5-6,9,14,17H,4,7-8,10-11H2,1-3H3,(H,18,20). The molecule has 1 fully saturated rings. The molecule has 0 bridgehead atoms. The maximum atomic E-state index is 12.2. The van der Waals surface area contributed by atoms with E-state index in [9.17, 15) is 4.79 Å². The van der Waals surface area contributed by atoms with Crippen LogP contribution in [-0.4, -0.2) is 50.1 Å². The summed E-state index contributed by atoms with van der Waals surface area (Å²) < 4.78 is 5.29. The van der Waals surface area contributed by atoms with Crippen molar-refractivity contribution in [1.82, 2.24) is 15.5 Å². The first-order chi connectivity index (χ1) is 10.2. The number of carbonyl (C=O) groups excluding carboxylic acids is 1. The summed E-state index contributed by atoms with van der Waals surface area (Å²) in [5, 5.41) is 6.22. The molecule has 1 atom stereocenters. The van der Waals surface area contributed by atoms with E-state index in [1.54, 1.807) is 7.11 Å². The molecule has 2 N–H and O–H groups in total. The molecule has 1 unspecified atom stereocenters. The number of hydrogen-bond acceptors (Lipinski definition) is 4. The lowest BCUT2D eigenvalue weighted by Crippen LogP contribution is -2.57. The first-order valence-corrected chi connectivity index (χ1v) is 7.51. The smallest absolute Gasteiger partial charge is 0.238 e. The molecule has 2 rings (SSSR count). The molecule has 0 aliphatic carbocycles. The zero-order chi connectivity index (χ0) is 15.2. The minimum absolute atomic E-state index is 0.0962. The van der Waals surface area contributed by atoms with Crippen molar-refractivity contribution in [3.05, 3.63) is 29.3 Å². The van der Waals surface area contributed by atoms with Crippen LogP contribution in [0.2, 0.25) is 0 Å². The summed E-state index contributed by atoms with van der Waals surface area (Å²) in [7, 11) is 1.68. The number of nitrogens with one attached hydrogen (secondary N) is 2. The second-order valence-electron chi connectivity index (χ2n) is 5.39. The number of nitrogens with zero attached hydrogens (tertiary/aromatic N) is 1. The van der Waals surface area contributed by atoms with Gasteiger partial charge in [-0.05, 0) is 31.0 Å². The van der Waals surface area contributed by atoms with Crippen molar-refractivity contribution in [2.24, 2.45) is 0 Å². The van der Waals surface area contributed by atoms with Crippen molar-refractivity contribution in [1.29, 1.82) is 0 Å². The van der Waals surface area contributed by atoms with E-state index in [2.05, 4.69) is 27.7 Å². The molecule has 0 radical (unpaired) electrons. The zero-order valence-corrected chi connectivity index (χ0v) is 13.1. The summed E-state index contributed by atoms with van der Waals surface area (Å²) in [6.45, 7) is 7.96. The van der Waals surface area contributed by atoms with Crippen molar-refractivity contribution in [3.63, 3.8) is 0 Å². The van der Waals surface area contributed by atoms with Gasteiger partial charge < -0.3 is 15.4 Å². The maximum Gasteiger partial charge on any atom is 0.238 e. The molecule has 21 heavy (non-hydrogen) atoms. The number of hydrogen-bond donors (Lipinski definition) is 2. The highest BCUT2D eigenvalue weighted by atomic mass is 16.5. The molecule has 5 nitrogen and oxygen atoms in total. The SMILES string of the molecule is CCNC(=O)C1CNCCN1Cc1ccc(OC)c(C)c1. The normalized spacial score (nSPS) is 19.3. The van der Waals surface area contributed by atoms with Gasteiger partial charge in [0.25, 0.3) is 0 Å². The molecular formula is C16H25N3O2. The lowest BCUT2D eigenvalue weighted by atomic mass is 10.1. The van der Waals surface area contributed by atoms with Crippen LogP contribution in [0, 0.1) is 6.92 Å². The average Bonchev–Trinajstić information content (AvgIpc) is 2.48. The van der Waals surface area contributed by atoms with Gasteiger partial charge in [0.1, 0.15) is 11.8 Å². The Bertz CT molecular complexity index is 490. The molecule has 1 aromatic carbocycles. The second kappa shape index (κ2) is 7.43. The highest BCUT2D eigenvalue weighted by molar-refractivity contribution is 5.82. The Morgan fingerprint density at radius 3 is 3.00 bits per heavy atom. The van der Waals surface area contributed by atoms with Gasteiger partial charge in [0.2, 0.25) is 5.91 Å². The molecular weight excluding hydrogens is 266 g/mol. The molecule has 116 valence electrons. The van der Waals surface area contributed by atoms with Crippen molar-refractivity contribution in [2.45, 2.75) is 26.4 Å². The number of rotatable bonds is 5. The summed E-state index contributed by atoms with van der Waals surface area (Å²) in [6, 6.07) is 6.10. The number of likely N-dealkylation sites (N-methyl/N-ethyl adjacent to an activating group) is 1. The molecule has 0 saturated carbocycles. The Hall–Kier alpha value is -1.59. The number of benzene rings is 1.